The number of hydrogen-bond donors (Lipinski definition) is 1. The second-order valence-electron chi connectivity index (χ2n) is 5.57. The van der Waals surface area contributed by atoms with E-state index in [-0.39, 0.29) is 12.2 Å². The van der Waals surface area contributed by atoms with E-state index in [1.807, 2.05) is 6.92 Å². The SMILES string of the molecule is CCn1cc(CNC(=O)Cn2nc(C(F)(F)F)c([N+](=O)[O-])c2C)c(C)n1. The summed E-state index contributed by atoms with van der Waals surface area (Å²) in [5.41, 5.74) is -1.62. The molecule has 2 rings (SSSR count). The number of rotatable bonds is 6. The van der Waals surface area contributed by atoms with Crippen molar-refractivity contribution in [3.8, 4) is 0 Å². The Morgan fingerprint density at radius 2 is 2.00 bits per heavy atom. The van der Waals surface area contributed by atoms with Crippen LogP contribution < -0.4 is 5.32 Å². The van der Waals surface area contributed by atoms with Crippen molar-refractivity contribution in [1.29, 1.82) is 0 Å². The summed E-state index contributed by atoms with van der Waals surface area (Å²) in [7, 11) is 0. The summed E-state index contributed by atoms with van der Waals surface area (Å²) in [6, 6.07) is 0. The van der Waals surface area contributed by atoms with Crippen LogP contribution in [0.5, 0.6) is 0 Å². The Morgan fingerprint density at radius 1 is 1.35 bits per heavy atom. The molecule has 0 spiro atoms. The zero-order valence-electron chi connectivity index (χ0n) is 14.3. The van der Waals surface area contributed by atoms with Crippen LogP contribution in [-0.2, 0) is 30.6 Å². The molecule has 0 bridgehead atoms. The molecule has 26 heavy (non-hydrogen) atoms. The van der Waals surface area contributed by atoms with Gasteiger partial charge in [0.2, 0.25) is 11.6 Å². The summed E-state index contributed by atoms with van der Waals surface area (Å²) in [5, 5.41) is 20.9. The maximum atomic E-state index is 12.9. The summed E-state index contributed by atoms with van der Waals surface area (Å²) in [4.78, 5) is 21.8. The van der Waals surface area contributed by atoms with Crippen LogP contribution in [0.4, 0.5) is 18.9 Å². The van der Waals surface area contributed by atoms with Gasteiger partial charge < -0.3 is 5.32 Å². The number of aryl methyl sites for hydroxylation is 2. The van der Waals surface area contributed by atoms with Crippen molar-refractivity contribution in [2.45, 2.75) is 46.6 Å². The average molecular weight is 374 g/mol. The zero-order valence-corrected chi connectivity index (χ0v) is 14.3. The van der Waals surface area contributed by atoms with Gasteiger partial charge in [-0.3, -0.25) is 24.3 Å². The van der Waals surface area contributed by atoms with Gasteiger partial charge in [0.25, 0.3) is 0 Å². The molecule has 0 aliphatic heterocycles. The molecular weight excluding hydrogens is 357 g/mol. The Balaban J connectivity index is 2.14. The highest BCUT2D eigenvalue weighted by Gasteiger charge is 2.44. The molecule has 12 heteroatoms. The van der Waals surface area contributed by atoms with Crippen LogP contribution in [0.3, 0.4) is 0 Å². The number of hydrogen-bond acceptors (Lipinski definition) is 5. The molecule has 0 unspecified atom stereocenters. The molecule has 0 aliphatic carbocycles. The summed E-state index contributed by atoms with van der Waals surface area (Å²) in [6.07, 6.45) is -3.23. The molecule has 0 saturated carbocycles. The van der Waals surface area contributed by atoms with E-state index in [9.17, 15) is 28.1 Å². The Hall–Kier alpha value is -2.92. The standard InChI is InChI=1S/C14H17F3N6O3/c1-4-21-6-10(8(2)19-21)5-18-11(24)7-22-9(3)12(23(25)26)13(20-22)14(15,16)17/h6H,4-5,7H2,1-3H3,(H,18,24). The van der Waals surface area contributed by atoms with Gasteiger partial charge in [-0.25, -0.2) is 0 Å². The van der Waals surface area contributed by atoms with Gasteiger partial charge in [0, 0.05) is 24.8 Å². The maximum absolute atomic E-state index is 12.9. The molecule has 0 saturated heterocycles. The highest BCUT2D eigenvalue weighted by Crippen LogP contribution is 2.36. The smallest absolute Gasteiger partial charge is 0.350 e. The fourth-order valence-electron chi connectivity index (χ4n) is 2.38. The molecule has 1 N–H and O–H groups in total. The minimum Gasteiger partial charge on any atom is -0.350 e. The van der Waals surface area contributed by atoms with Crippen LogP contribution in [0.15, 0.2) is 6.20 Å². The Bertz CT molecular complexity index is 840. The minimum atomic E-state index is -4.99. The molecule has 0 radical (unpaired) electrons. The highest BCUT2D eigenvalue weighted by atomic mass is 19.4. The van der Waals surface area contributed by atoms with E-state index in [0.29, 0.717) is 11.2 Å². The van der Waals surface area contributed by atoms with Gasteiger partial charge in [0.05, 0.1) is 10.6 Å². The quantitative estimate of drug-likeness (QED) is 0.614. The first kappa shape index (κ1) is 19.4. The molecule has 2 aromatic rings. The molecule has 0 aromatic carbocycles. The second kappa shape index (κ2) is 7.14. The number of halogens is 3. The van der Waals surface area contributed by atoms with Crippen molar-refractivity contribution in [3.63, 3.8) is 0 Å². The average Bonchev–Trinajstić information content (AvgIpc) is 3.05. The molecule has 2 aromatic heterocycles. The van der Waals surface area contributed by atoms with Gasteiger partial charge in [0.15, 0.2) is 0 Å². The predicted octanol–water partition coefficient (Wildman–Crippen LogP) is 1.96. The lowest BCUT2D eigenvalue weighted by molar-refractivity contribution is -0.388. The van der Waals surface area contributed by atoms with E-state index in [4.69, 9.17) is 0 Å². The van der Waals surface area contributed by atoms with Crippen LogP contribution in [0.1, 0.15) is 29.6 Å². The Morgan fingerprint density at radius 3 is 2.46 bits per heavy atom. The molecule has 9 nitrogen and oxygen atoms in total. The monoisotopic (exact) mass is 374 g/mol. The Kier molecular flexibility index (Phi) is 5.33. The lowest BCUT2D eigenvalue weighted by Crippen LogP contribution is -2.28. The topological polar surface area (TPSA) is 108 Å². The number of alkyl halides is 3. The fourth-order valence-corrected chi connectivity index (χ4v) is 2.38. The molecule has 0 fully saturated rings. The molecule has 0 atom stereocenters. The van der Waals surface area contributed by atoms with Gasteiger partial charge in [-0.2, -0.15) is 23.4 Å². The minimum absolute atomic E-state index is 0.138. The first-order chi connectivity index (χ1) is 12.0. The van der Waals surface area contributed by atoms with E-state index < -0.39 is 34.9 Å². The molecular formula is C14H17F3N6O3. The maximum Gasteiger partial charge on any atom is 0.442 e. The number of carbonyl (C=O) groups is 1. The third kappa shape index (κ3) is 4.00. The second-order valence-corrected chi connectivity index (χ2v) is 5.57. The summed E-state index contributed by atoms with van der Waals surface area (Å²) >= 11 is 0. The highest BCUT2D eigenvalue weighted by molar-refractivity contribution is 5.75. The first-order valence-electron chi connectivity index (χ1n) is 7.63. The van der Waals surface area contributed by atoms with Crippen LogP contribution in [0.25, 0.3) is 0 Å². The van der Waals surface area contributed by atoms with Crippen molar-refractivity contribution in [1.82, 2.24) is 24.9 Å². The van der Waals surface area contributed by atoms with Crippen molar-refractivity contribution < 1.29 is 22.9 Å². The lowest BCUT2D eigenvalue weighted by atomic mass is 10.2. The van der Waals surface area contributed by atoms with E-state index in [1.54, 1.807) is 17.8 Å². The summed E-state index contributed by atoms with van der Waals surface area (Å²) < 4.78 is 41.1. The van der Waals surface area contributed by atoms with Crippen molar-refractivity contribution >= 4 is 11.6 Å². The van der Waals surface area contributed by atoms with Crippen LogP contribution in [0.2, 0.25) is 0 Å². The summed E-state index contributed by atoms with van der Waals surface area (Å²) in [5.74, 6) is -0.622. The number of aromatic nitrogens is 4. The van der Waals surface area contributed by atoms with Crippen LogP contribution >= 0.6 is 0 Å². The molecule has 0 aliphatic rings. The van der Waals surface area contributed by atoms with Gasteiger partial charge in [-0.1, -0.05) is 0 Å². The third-order valence-electron chi connectivity index (χ3n) is 3.77. The zero-order chi connectivity index (χ0) is 19.6. The summed E-state index contributed by atoms with van der Waals surface area (Å²) in [6.45, 7) is 5.02. The van der Waals surface area contributed by atoms with E-state index in [0.717, 1.165) is 18.2 Å². The predicted molar refractivity (Wildman–Crippen MR) is 83.1 cm³/mol. The first-order valence-corrected chi connectivity index (χ1v) is 7.63. The van der Waals surface area contributed by atoms with Crippen LogP contribution in [0, 0.1) is 24.0 Å². The van der Waals surface area contributed by atoms with Crippen molar-refractivity contribution in [2.75, 3.05) is 0 Å². The van der Waals surface area contributed by atoms with E-state index in [1.165, 1.54) is 0 Å². The van der Waals surface area contributed by atoms with Gasteiger partial charge >= 0.3 is 11.9 Å². The third-order valence-corrected chi connectivity index (χ3v) is 3.77. The number of nitrogens with zero attached hydrogens (tertiary/aromatic N) is 5. The number of nitro groups is 1. The Labute approximate surface area is 145 Å². The van der Waals surface area contributed by atoms with Crippen molar-refractivity contribution in [2.24, 2.45) is 0 Å². The van der Waals surface area contributed by atoms with E-state index >= 15 is 0 Å². The van der Waals surface area contributed by atoms with Gasteiger partial charge in [-0.05, 0) is 20.8 Å². The number of amides is 1. The van der Waals surface area contributed by atoms with Crippen LogP contribution in [-0.4, -0.2) is 30.4 Å². The largest absolute Gasteiger partial charge is 0.442 e. The molecule has 1 amide bonds. The van der Waals surface area contributed by atoms with Gasteiger partial charge in [-0.15, -0.1) is 0 Å². The fraction of sp³-hybridized carbons (Fsp3) is 0.500. The van der Waals surface area contributed by atoms with E-state index in [2.05, 4.69) is 15.5 Å². The molecule has 2 heterocycles. The van der Waals surface area contributed by atoms with Crippen molar-refractivity contribution in [3.05, 3.63) is 39.0 Å². The van der Waals surface area contributed by atoms with Gasteiger partial charge in [0.1, 0.15) is 12.2 Å². The number of carbonyl (C=O) groups excluding carboxylic acids is 1. The molecule has 142 valence electrons. The normalized spacial score (nSPS) is 11.6. The lowest BCUT2D eigenvalue weighted by Gasteiger charge is -2.06. The number of nitrogens with one attached hydrogen (secondary N) is 1.